The molecule has 0 saturated heterocycles. The average molecular weight is 180 g/mol. The van der Waals surface area contributed by atoms with Gasteiger partial charge in [0, 0.05) is 7.11 Å². The minimum Gasteiger partial charge on any atom is -0.479 e. The van der Waals surface area contributed by atoms with Gasteiger partial charge in [-0.1, -0.05) is 0 Å². The highest BCUT2D eigenvalue weighted by Gasteiger charge is 2.31. The summed E-state index contributed by atoms with van der Waals surface area (Å²) in [6.45, 7) is -0.714. The van der Waals surface area contributed by atoms with Gasteiger partial charge in [-0.25, -0.2) is 4.79 Å². The van der Waals surface area contributed by atoms with Crippen LogP contribution in [0.15, 0.2) is 0 Å². The van der Waals surface area contributed by atoms with E-state index in [-0.39, 0.29) is 0 Å². The zero-order valence-corrected chi connectivity index (χ0v) is 6.54. The van der Waals surface area contributed by atoms with Crippen molar-refractivity contribution in [1.29, 1.82) is 0 Å². The molecule has 0 amide bonds. The summed E-state index contributed by atoms with van der Waals surface area (Å²) in [5.41, 5.74) is 0. The van der Waals surface area contributed by atoms with Crippen LogP contribution in [0.4, 0.5) is 0 Å². The van der Waals surface area contributed by atoms with Gasteiger partial charge in [-0.15, -0.1) is 0 Å². The van der Waals surface area contributed by atoms with Crippen molar-refractivity contribution in [1.82, 2.24) is 0 Å². The predicted molar refractivity (Wildman–Crippen MR) is 37.5 cm³/mol. The van der Waals surface area contributed by atoms with Gasteiger partial charge < -0.3 is 25.2 Å². The molecule has 0 fully saturated rings. The summed E-state index contributed by atoms with van der Waals surface area (Å²) >= 11 is 0. The number of carboxylic acids is 1. The van der Waals surface area contributed by atoms with Crippen molar-refractivity contribution in [3.63, 3.8) is 0 Å². The summed E-state index contributed by atoms with van der Waals surface area (Å²) in [5.74, 6) is -1.39. The Labute approximate surface area is 69.0 Å². The molecule has 72 valence electrons. The highest BCUT2D eigenvalue weighted by molar-refractivity contribution is 5.73. The van der Waals surface area contributed by atoms with Gasteiger partial charge in [0.15, 0.2) is 6.10 Å². The first kappa shape index (κ1) is 11.3. The van der Waals surface area contributed by atoms with E-state index in [9.17, 15) is 4.79 Å². The van der Waals surface area contributed by atoms with Gasteiger partial charge in [-0.3, -0.25) is 0 Å². The van der Waals surface area contributed by atoms with Crippen molar-refractivity contribution in [2.75, 3.05) is 13.7 Å². The van der Waals surface area contributed by atoms with Crippen molar-refractivity contribution in [3.8, 4) is 0 Å². The lowest BCUT2D eigenvalue weighted by atomic mass is 10.1. The van der Waals surface area contributed by atoms with Crippen LogP contribution in [0.3, 0.4) is 0 Å². The summed E-state index contributed by atoms with van der Waals surface area (Å²) in [6.07, 6.45) is -4.66. The second-order valence-corrected chi connectivity index (χ2v) is 2.24. The maximum absolute atomic E-state index is 10.3. The molecule has 0 aromatic carbocycles. The molecule has 4 N–H and O–H groups in total. The van der Waals surface area contributed by atoms with Crippen LogP contribution in [0.1, 0.15) is 0 Å². The number of carboxylic acid groups (broad SMARTS) is 1. The fourth-order valence-corrected chi connectivity index (χ4v) is 0.696. The van der Waals surface area contributed by atoms with Gasteiger partial charge in [-0.05, 0) is 0 Å². The third kappa shape index (κ3) is 2.74. The van der Waals surface area contributed by atoms with Crippen molar-refractivity contribution in [3.05, 3.63) is 0 Å². The summed E-state index contributed by atoms with van der Waals surface area (Å²) < 4.78 is 4.38. The number of aliphatic carboxylic acids is 1. The summed E-state index contributed by atoms with van der Waals surface area (Å²) in [4.78, 5) is 10.3. The molecule has 0 aromatic heterocycles. The Morgan fingerprint density at radius 2 is 2.00 bits per heavy atom. The molecule has 0 rings (SSSR count). The van der Waals surface area contributed by atoms with Crippen LogP contribution < -0.4 is 0 Å². The molecule has 0 aliphatic rings. The molecule has 12 heavy (non-hydrogen) atoms. The minimum absolute atomic E-state index is 0.714. The molecular formula is C6H12O6. The Bertz CT molecular complexity index is 147. The zero-order valence-electron chi connectivity index (χ0n) is 6.54. The molecule has 6 heteroatoms. The summed E-state index contributed by atoms with van der Waals surface area (Å²) in [7, 11) is 1.09. The van der Waals surface area contributed by atoms with E-state index < -0.39 is 30.9 Å². The molecule has 1 unspecified atom stereocenters. The first-order valence-corrected chi connectivity index (χ1v) is 3.27. The Balaban J connectivity index is 4.20. The molecule has 0 saturated carbocycles. The SMILES string of the molecule is COC(C(=O)O)[C@@H](O)[C@H](O)CO. The monoisotopic (exact) mass is 180 g/mol. The van der Waals surface area contributed by atoms with Crippen LogP contribution in [0, 0.1) is 0 Å². The van der Waals surface area contributed by atoms with E-state index in [1.807, 2.05) is 0 Å². The first-order chi connectivity index (χ1) is 5.54. The maximum atomic E-state index is 10.3. The van der Waals surface area contributed by atoms with E-state index in [1.54, 1.807) is 0 Å². The Kier molecular flexibility index (Phi) is 4.75. The van der Waals surface area contributed by atoms with Gasteiger partial charge in [-0.2, -0.15) is 0 Å². The van der Waals surface area contributed by atoms with Gasteiger partial charge in [0.05, 0.1) is 6.61 Å². The number of rotatable bonds is 5. The van der Waals surface area contributed by atoms with Crippen molar-refractivity contribution >= 4 is 5.97 Å². The Hall–Kier alpha value is -0.690. The number of ether oxygens (including phenoxy) is 1. The number of hydrogen-bond acceptors (Lipinski definition) is 5. The lowest BCUT2D eigenvalue weighted by Gasteiger charge is -2.20. The summed E-state index contributed by atoms with van der Waals surface area (Å²) in [6, 6.07) is 0. The number of aliphatic hydroxyl groups excluding tert-OH is 3. The second kappa shape index (κ2) is 5.04. The lowest BCUT2D eigenvalue weighted by molar-refractivity contribution is -0.163. The molecule has 0 aromatic rings. The van der Waals surface area contributed by atoms with E-state index >= 15 is 0 Å². The zero-order chi connectivity index (χ0) is 9.72. The Morgan fingerprint density at radius 3 is 2.25 bits per heavy atom. The molecule has 0 radical (unpaired) electrons. The molecule has 0 aliphatic carbocycles. The minimum atomic E-state index is -1.63. The third-order valence-corrected chi connectivity index (χ3v) is 1.39. The Morgan fingerprint density at radius 1 is 1.50 bits per heavy atom. The quantitative estimate of drug-likeness (QED) is 0.382. The standard InChI is InChI=1S/C6H12O6/c1-12-5(6(10)11)4(9)3(8)2-7/h3-5,7-9H,2H2,1H3,(H,10,11)/t3-,4+,5?/m1/s1. The number of hydrogen-bond donors (Lipinski definition) is 4. The fourth-order valence-electron chi connectivity index (χ4n) is 0.696. The van der Waals surface area contributed by atoms with Crippen LogP contribution >= 0.6 is 0 Å². The van der Waals surface area contributed by atoms with Crippen molar-refractivity contribution < 1.29 is 30.0 Å². The van der Waals surface area contributed by atoms with E-state index in [0.717, 1.165) is 7.11 Å². The lowest BCUT2D eigenvalue weighted by Crippen LogP contribution is -2.44. The highest BCUT2D eigenvalue weighted by Crippen LogP contribution is 2.03. The molecule has 6 nitrogen and oxygen atoms in total. The molecular weight excluding hydrogens is 168 g/mol. The van der Waals surface area contributed by atoms with E-state index in [0.29, 0.717) is 0 Å². The van der Waals surface area contributed by atoms with Crippen molar-refractivity contribution in [2.24, 2.45) is 0 Å². The maximum Gasteiger partial charge on any atom is 0.335 e. The molecule has 3 atom stereocenters. The largest absolute Gasteiger partial charge is 0.479 e. The third-order valence-electron chi connectivity index (χ3n) is 1.39. The molecule has 0 aliphatic heterocycles. The van der Waals surface area contributed by atoms with Gasteiger partial charge >= 0.3 is 5.97 Å². The van der Waals surface area contributed by atoms with Crippen LogP contribution in [-0.4, -0.2) is 58.4 Å². The predicted octanol–water partition coefficient (Wildman–Crippen LogP) is -2.20. The highest BCUT2D eigenvalue weighted by atomic mass is 16.5. The van der Waals surface area contributed by atoms with Crippen LogP contribution in [0.2, 0.25) is 0 Å². The van der Waals surface area contributed by atoms with E-state index in [1.165, 1.54) is 0 Å². The second-order valence-electron chi connectivity index (χ2n) is 2.24. The average Bonchev–Trinajstić information content (AvgIpc) is 2.03. The smallest absolute Gasteiger partial charge is 0.335 e. The van der Waals surface area contributed by atoms with Crippen molar-refractivity contribution in [2.45, 2.75) is 18.3 Å². The van der Waals surface area contributed by atoms with Gasteiger partial charge in [0.2, 0.25) is 0 Å². The van der Waals surface area contributed by atoms with Gasteiger partial charge in [0.1, 0.15) is 12.2 Å². The number of methoxy groups -OCH3 is 1. The van der Waals surface area contributed by atoms with Crippen LogP contribution in [0.25, 0.3) is 0 Å². The molecule has 0 spiro atoms. The van der Waals surface area contributed by atoms with E-state index in [4.69, 9.17) is 20.4 Å². The normalized spacial score (nSPS) is 18.3. The van der Waals surface area contributed by atoms with E-state index in [2.05, 4.69) is 4.74 Å². The van der Waals surface area contributed by atoms with Crippen LogP contribution in [-0.2, 0) is 9.53 Å². The summed E-state index contributed by atoms with van der Waals surface area (Å²) in [5, 5.41) is 34.6. The topological polar surface area (TPSA) is 107 Å². The number of aliphatic hydroxyl groups is 3. The van der Waals surface area contributed by atoms with Gasteiger partial charge in [0.25, 0.3) is 0 Å². The number of carbonyl (C=O) groups is 1. The molecule has 0 bridgehead atoms. The van der Waals surface area contributed by atoms with Crippen LogP contribution in [0.5, 0.6) is 0 Å². The first-order valence-electron chi connectivity index (χ1n) is 3.27. The fraction of sp³-hybridized carbons (Fsp3) is 0.833. The molecule has 0 heterocycles.